The summed E-state index contributed by atoms with van der Waals surface area (Å²) >= 11 is 0. The normalized spacial score (nSPS) is 12.6. The van der Waals surface area contributed by atoms with Crippen LogP contribution in [0.25, 0.3) is 95.5 Å². The smallest absolute Gasteiger partial charge is 0.328 e. The first-order valence-electron chi connectivity index (χ1n) is 44.2. The Morgan fingerprint density at radius 1 is 0.296 bits per heavy atom. The molecule has 2 fully saturated rings. The Morgan fingerprint density at radius 3 is 0.986 bits per heavy atom. The maximum atomic E-state index is 12.3. The van der Waals surface area contributed by atoms with Crippen LogP contribution in [0, 0.1) is 12.5 Å². The molecule has 18 heterocycles. The topological polar surface area (TPSA) is 508 Å². The predicted octanol–water partition coefficient (Wildman–Crippen LogP) is -3.75. The average molecular weight is 1950 g/mol. The van der Waals surface area contributed by atoms with Crippen molar-refractivity contribution in [1.29, 1.82) is 0 Å². The van der Waals surface area contributed by atoms with E-state index in [1.807, 2.05) is 103 Å². The molecule has 2 saturated heterocycles. The number of rotatable bonds is 13. The fraction of sp³-hybridized carbons (Fsp3) is 0.378. The van der Waals surface area contributed by atoms with Crippen LogP contribution in [0.2, 0.25) is 0 Å². The van der Waals surface area contributed by atoms with Gasteiger partial charge < -0.3 is 36.5 Å². The molecule has 0 N–H and O–H groups in total. The SMILES string of the molecule is C#Cn1c(=O)n(C)c(=O)c2c1ncn2C.C=Cn1c(=O)n(C)c(=O)c2c1ncn2C.CN(C)Cn1c(=O)n(C)c(=O)c2c1ncn2C.CN(C)Cn1cnc2c1c(=O)n(C)c(=O)n2C.Cn1c(=O)c2c(ncn2C)n(CN2CCCC2)c1=O.Cn1c(=O)c2c(ncn2C)n(Cc2ccccc2)c1=O.Cn1c(=O)c2c(ncn2CN2CCCC2)n(C)c1=O.Cn1c(=O)c2c(ncn2Cc2ccccc2)n(C)c1=O. The van der Waals surface area contributed by atoms with Crippen LogP contribution in [-0.2, 0) is 153 Å². The van der Waals surface area contributed by atoms with Gasteiger partial charge in [0.2, 0.25) is 0 Å². The van der Waals surface area contributed by atoms with Gasteiger partial charge in [-0.3, -0.25) is 126 Å². The van der Waals surface area contributed by atoms with Crippen LogP contribution in [0.4, 0.5) is 0 Å². The maximum Gasteiger partial charge on any atom is 0.344 e. The van der Waals surface area contributed by atoms with Gasteiger partial charge >= 0.3 is 45.5 Å². The van der Waals surface area contributed by atoms with Crippen LogP contribution in [0.5, 0.6) is 0 Å². The third-order valence-electron chi connectivity index (χ3n) is 24.1. The molecule has 18 aromatic rings. The number of fused-ring (bicyclic) bond motifs is 8. The highest BCUT2D eigenvalue weighted by Gasteiger charge is 2.25. The van der Waals surface area contributed by atoms with Crippen LogP contribution in [0.3, 0.4) is 0 Å². The number of nitrogens with zero attached hydrogens (tertiary/aromatic N) is 36. The third kappa shape index (κ3) is 19.6. The predicted molar refractivity (Wildman–Crippen MR) is 532 cm³/mol. The quantitative estimate of drug-likeness (QED) is 0.100. The van der Waals surface area contributed by atoms with E-state index in [9.17, 15) is 76.7 Å². The lowest BCUT2D eigenvalue weighted by Gasteiger charge is -2.17. The van der Waals surface area contributed by atoms with Gasteiger partial charge in [0, 0.05) is 132 Å². The molecule has 20 rings (SSSR count). The highest BCUT2D eigenvalue weighted by atomic mass is 16.2. The van der Waals surface area contributed by atoms with E-state index in [1.54, 1.807) is 120 Å². The lowest BCUT2D eigenvalue weighted by Crippen LogP contribution is -2.41. The Bertz CT molecular complexity index is 9060. The summed E-state index contributed by atoms with van der Waals surface area (Å²) in [4.78, 5) is 233. The maximum absolute atomic E-state index is 12.3. The van der Waals surface area contributed by atoms with Gasteiger partial charge in [-0.1, -0.05) is 73.7 Å². The first-order chi connectivity index (χ1) is 67.4. The highest BCUT2D eigenvalue weighted by Crippen LogP contribution is 2.17. The van der Waals surface area contributed by atoms with Crippen LogP contribution in [0.1, 0.15) is 36.8 Å². The minimum Gasteiger partial charge on any atom is -0.328 e. The number of benzene rings is 2. The molecule has 0 spiro atoms. The fourth-order valence-electron chi connectivity index (χ4n) is 16.4. The molecule has 0 unspecified atom stereocenters. The molecule has 2 aromatic carbocycles. The van der Waals surface area contributed by atoms with Gasteiger partial charge in [-0.15, -0.1) is 0 Å². The van der Waals surface area contributed by atoms with E-state index in [4.69, 9.17) is 6.42 Å². The van der Waals surface area contributed by atoms with Crippen molar-refractivity contribution < 1.29 is 0 Å². The number of hydrogen-bond donors (Lipinski definition) is 0. The van der Waals surface area contributed by atoms with E-state index in [0.29, 0.717) is 123 Å². The molecule has 2 aliphatic rings. The van der Waals surface area contributed by atoms with Crippen molar-refractivity contribution in [2.45, 2.75) is 65.4 Å². The van der Waals surface area contributed by atoms with Gasteiger partial charge in [-0.05, 0) is 91.2 Å². The molecule has 0 amide bonds. The monoisotopic (exact) mass is 1950 g/mol. The largest absolute Gasteiger partial charge is 0.344 e. The first kappa shape index (κ1) is 102. The molecule has 0 radical (unpaired) electrons. The van der Waals surface area contributed by atoms with Gasteiger partial charge in [0.05, 0.1) is 83.8 Å². The lowest BCUT2D eigenvalue weighted by molar-refractivity contribution is 0.266. The van der Waals surface area contributed by atoms with Crippen LogP contribution in [-0.4, -0.2) is 223 Å². The van der Waals surface area contributed by atoms with Gasteiger partial charge in [0.1, 0.15) is 0 Å². The number of likely N-dealkylation sites (tertiary alicyclic amines) is 2. The minimum atomic E-state index is -0.561. The van der Waals surface area contributed by atoms with E-state index >= 15 is 0 Å². The van der Waals surface area contributed by atoms with Crippen LogP contribution >= 0.6 is 0 Å². The number of aromatic nitrogens is 32. The molecule has 2 aliphatic heterocycles. The summed E-state index contributed by atoms with van der Waals surface area (Å²) in [6.45, 7) is 10.6. The molecule has 0 saturated carbocycles. The van der Waals surface area contributed by atoms with Crippen LogP contribution < -0.4 is 90.0 Å². The van der Waals surface area contributed by atoms with Gasteiger partial charge in [0.25, 0.3) is 44.5 Å². The third-order valence-corrected chi connectivity index (χ3v) is 24.1. The zero-order valence-corrected chi connectivity index (χ0v) is 82.3. The Balaban J connectivity index is 0.000000137. The van der Waals surface area contributed by atoms with E-state index < -0.39 is 16.9 Å². The zero-order chi connectivity index (χ0) is 103. The summed E-state index contributed by atoms with van der Waals surface area (Å²) in [5.74, 6) is 0. The second-order valence-corrected chi connectivity index (χ2v) is 34.6. The van der Waals surface area contributed by atoms with E-state index in [2.05, 4.69) is 62.3 Å². The number of hydrogen-bond acceptors (Lipinski definition) is 28. The van der Waals surface area contributed by atoms with Crippen molar-refractivity contribution in [3.63, 3.8) is 0 Å². The molecule has 142 heavy (non-hydrogen) atoms. The Morgan fingerprint density at radius 2 is 0.585 bits per heavy atom. The van der Waals surface area contributed by atoms with Crippen molar-refractivity contribution in [1.82, 2.24) is 169 Å². The Labute approximate surface area is 801 Å². The molecular weight excluding hydrogens is 1840 g/mol. The minimum absolute atomic E-state index is 0.216. The Kier molecular flexibility index (Phi) is 30.2. The second kappa shape index (κ2) is 42.0. The van der Waals surface area contributed by atoms with Crippen molar-refractivity contribution in [2.24, 2.45) is 113 Å². The summed E-state index contributed by atoms with van der Waals surface area (Å²) in [5.41, 5.74) is 2.94. The number of terminal acetylenes is 1. The van der Waals surface area contributed by atoms with E-state index in [1.165, 1.54) is 126 Å². The number of imidazole rings is 8. The van der Waals surface area contributed by atoms with Crippen molar-refractivity contribution in [2.75, 3.05) is 54.4 Å². The second-order valence-electron chi connectivity index (χ2n) is 34.6. The summed E-state index contributed by atoms with van der Waals surface area (Å²) in [5, 5.41) is 0. The molecular formula is C90H110N36O16. The fourth-order valence-corrected chi connectivity index (χ4v) is 16.4. The van der Waals surface area contributed by atoms with Crippen molar-refractivity contribution in [3.05, 3.63) is 296 Å². The Hall–Kier alpha value is -17.2. The highest BCUT2D eigenvalue weighted by molar-refractivity contribution is 5.75. The molecule has 0 aliphatic carbocycles. The molecule has 746 valence electrons. The van der Waals surface area contributed by atoms with E-state index in [-0.39, 0.29) is 78.7 Å². The lowest BCUT2D eigenvalue weighted by atomic mass is 10.2. The average Bonchev–Trinajstić information content (AvgIpc) is 1.63. The van der Waals surface area contributed by atoms with Crippen molar-refractivity contribution >= 4 is 95.5 Å². The van der Waals surface area contributed by atoms with Gasteiger partial charge in [-0.25, -0.2) is 82.8 Å². The van der Waals surface area contributed by atoms with E-state index in [0.717, 1.165) is 91.3 Å². The van der Waals surface area contributed by atoms with Gasteiger partial charge in [0.15, 0.2) is 89.3 Å². The molecule has 52 nitrogen and oxygen atoms in total. The number of aryl methyl sites for hydroxylation is 8. The summed E-state index contributed by atoms with van der Waals surface area (Å²) in [7, 11) is 32.7. The molecule has 52 heteroatoms. The van der Waals surface area contributed by atoms with Gasteiger partial charge in [-0.2, -0.15) is 0 Å². The van der Waals surface area contributed by atoms with Crippen LogP contribution in [0.15, 0.2) is 195 Å². The standard InChI is InChI=1S/2C14H14N4O2.2C12H17N5O2.2C10H15N5O2.C9H10N4O2.C9H8N4O2/c1-16-12-11(13(19)17(2)14(16)20)18(9-15-12)8-10-6-4-3-5-7-10;1-16-9-15-12-11(16)13(19)17(2)14(20)18(12)8-10-6-4-3-5-7-10;1-14-10-9(11(18)15(2)12(14)19)17(7-13-10)8-16-5-3-4-6-16;1-14-7-13-10-9(14)11(18)15(2)12(19)17(10)8-16-5-3-4-6-16;1-12(2)6-15-5-11-8-7(15)9(16)14(4)10(17)13(8)3;1-12(2)6-15-8-7(13(3)5-11-8)9(16)14(4)10(15)17;2*1-4-13-7-6(11(2)5-10-7)8(14)12(3)9(13)15/h2*3-7,9H,8H2,1-2H3;2*7H,3-6,8H2,1-2H3;2*5H,6H2,1-4H3;4-5H,1H2,2-3H3;1,5H,2-3H3. The summed E-state index contributed by atoms with van der Waals surface area (Å²) < 4.78 is 33.1. The molecule has 0 bridgehead atoms. The van der Waals surface area contributed by atoms with Crippen molar-refractivity contribution in [3.8, 4) is 12.5 Å². The summed E-state index contributed by atoms with van der Waals surface area (Å²) in [6.07, 6.45) is 23.7. The molecule has 16 aromatic heterocycles. The summed E-state index contributed by atoms with van der Waals surface area (Å²) in [6, 6.07) is 21.6. The first-order valence-corrected chi connectivity index (χ1v) is 44.2. The zero-order valence-electron chi connectivity index (χ0n) is 82.3. The molecule has 0 atom stereocenters.